The summed E-state index contributed by atoms with van der Waals surface area (Å²) in [7, 11) is 0. The van der Waals surface area contributed by atoms with Gasteiger partial charge in [-0.3, -0.25) is 19.1 Å². The molecule has 8 nitrogen and oxygen atoms in total. The van der Waals surface area contributed by atoms with Crippen LogP contribution in [-0.4, -0.2) is 34.2 Å². The Kier molecular flexibility index (Phi) is 6.88. The number of hydrogen-bond acceptors (Lipinski definition) is 5. The molecule has 9 heteroatoms. The van der Waals surface area contributed by atoms with Gasteiger partial charge in [0, 0.05) is 12.6 Å². The largest absolute Gasteiger partial charge is 0.465 e. The zero-order valence-electron chi connectivity index (χ0n) is 18.8. The van der Waals surface area contributed by atoms with Crippen LogP contribution in [-0.2, 0) is 19.1 Å². The molecular weight excluding hydrogens is 488 g/mol. The van der Waals surface area contributed by atoms with E-state index < -0.39 is 11.4 Å². The summed E-state index contributed by atoms with van der Waals surface area (Å²) in [6.45, 7) is 3.96. The van der Waals surface area contributed by atoms with Gasteiger partial charge in [0.25, 0.3) is 0 Å². The SMILES string of the molecule is CCOC(=O)C1(C(=O)NC2CCC(NC(=O)CC(C)n3cc(Br)cn3)c3ccccc32)CC1. The zero-order valence-corrected chi connectivity index (χ0v) is 20.4. The molecule has 0 bridgehead atoms. The molecule has 4 rings (SSSR count). The minimum absolute atomic E-state index is 0.0457. The monoisotopic (exact) mass is 516 g/mol. The summed E-state index contributed by atoms with van der Waals surface area (Å²) in [6, 6.07) is 7.44. The number of halogens is 1. The summed E-state index contributed by atoms with van der Waals surface area (Å²) < 4.78 is 7.76. The molecule has 3 unspecified atom stereocenters. The first-order chi connectivity index (χ1) is 15.8. The summed E-state index contributed by atoms with van der Waals surface area (Å²) in [6.07, 6.45) is 6.29. The molecule has 1 fully saturated rings. The molecule has 0 saturated heterocycles. The molecule has 33 heavy (non-hydrogen) atoms. The Bertz CT molecular complexity index is 1050. The van der Waals surface area contributed by atoms with Crippen LogP contribution in [0.15, 0.2) is 41.1 Å². The number of ether oxygens (including phenoxy) is 1. The minimum atomic E-state index is -1.03. The van der Waals surface area contributed by atoms with E-state index >= 15 is 0 Å². The van der Waals surface area contributed by atoms with Crippen LogP contribution in [0.1, 0.15) is 75.2 Å². The molecule has 2 aromatic rings. The van der Waals surface area contributed by atoms with Gasteiger partial charge in [-0.1, -0.05) is 24.3 Å². The van der Waals surface area contributed by atoms with Gasteiger partial charge in [-0.25, -0.2) is 0 Å². The van der Waals surface area contributed by atoms with Crippen molar-refractivity contribution in [1.82, 2.24) is 20.4 Å². The number of nitrogens with one attached hydrogen (secondary N) is 2. The van der Waals surface area contributed by atoms with Gasteiger partial charge in [0.05, 0.1) is 35.4 Å². The number of esters is 1. The number of hydrogen-bond donors (Lipinski definition) is 2. The van der Waals surface area contributed by atoms with Crippen molar-refractivity contribution >= 4 is 33.7 Å². The Morgan fingerprint density at radius 2 is 1.82 bits per heavy atom. The second-order valence-electron chi connectivity index (χ2n) is 8.85. The van der Waals surface area contributed by atoms with Crippen LogP contribution >= 0.6 is 15.9 Å². The Morgan fingerprint density at radius 3 is 2.36 bits per heavy atom. The van der Waals surface area contributed by atoms with Crippen molar-refractivity contribution in [3.63, 3.8) is 0 Å². The van der Waals surface area contributed by atoms with Crippen LogP contribution in [0.4, 0.5) is 0 Å². The predicted octanol–water partition coefficient (Wildman–Crippen LogP) is 3.75. The van der Waals surface area contributed by atoms with Crippen LogP contribution in [0.5, 0.6) is 0 Å². The summed E-state index contributed by atoms with van der Waals surface area (Å²) in [5.74, 6) is -0.742. The summed E-state index contributed by atoms with van der Waals surface area (Å²) >= 11 is 3.38. The lowest BCUT2D eigenvalue weighted by molar-refractivity contribution is -0.154. The Hall–Kier alpha value is -2.68. The van der Waals surface area contributed by atoms with Crippen molar-refractivity contribution in [1.29, 1.82) is 0 Å². The molecule has 3 atom stereocenters. The highest BCUT2D eigenvalue weighted by molar-refractivity contribution is 9.10. The Labute approximate surface area is 201 Å². The predicted molar refractivity (Wildman–Crippen MR) is 125 cm³/mol. The van der Waals surface area contributed by atoms with E-state index in [4.69, 9.17) is 4.74 Å². The lowest BCUT2D eigenvalue weighted by Gasteiger charge is -2.33. The van der Waals surface area contributed by atoms with Gasteiger partial charge in [-0.15, -0.1) is 0 Å². The highest BCUT2D eigenvalue weighted by atomic mass is 79.9. The number of nitrogens with zero attached hydrogens (tertiary/aromatic N) is 2. The first kappa shape index (κ1) is 23.5. The summed E-state index contributed by atoms with van der Waals surface area (Å²) in [5, 5.41) is 10.5. The van der Waals surface area contributed by atoms with Crippen LogP contribution in [0.2, 0.25) is 0 Å². The number of carbonyl (C=O) groups excluding carboxylic acids is 3. The highest BCUT2D eigenvalue weighted by Gasteiger charge is 2.58. The standard InChI is InChI=1S/C24H29BrN4O4/c1-3-33-23(32)24(10-11-24)22(31)28-20-9-8-19(17-6-4-5-7-18(17)20)27-21(30)12-15(2)29-14-16(25)13-26-29/h4-7,13-15,19-20H,3,8-12H2,1-2H3,(H,27,30)(H,28,31). The first-order valence-corrected chi connectivity index (χ1v) is 12.2. The van der Waals surface area contributed by atoms with Crippen molar-refractivity contribution in [3.05, 3.63) is 52.3 Å². The molecule has 0 aliphatic heterocycles. The second kappa shape index (κ2) is 9.67. The third-order valence-electron chi connectivity index (χ3n) is 6.48. The van der Waals surface area contributed by atoms with E-state index in [9.17, 15) is 14.4 Å². The van der Waals surface area contributed by atoms with Crippen molar-refractivity contribution in [2.24, 2.45) is 5.41 Å². The fourth-order valence-electron chi connectivity index (χ4n) is 4.48. The number of carbonyl (C=O) groups is 3. The molecule has 2 aliphatic rings. The fourth-order valence-corrected chi connectivity index (χ4v) is 4.78. The molecule has 0 radical (unpaired) electrons. The van der Waals surface area contributed by atoms with Gasteiger partial charge < -0.3 is 15.4 Å². The molecule has 1 saturated carbocycles. The first-order valence-electron chi connectivity index (χ1n) is 11.4. The maximum atomic E-state index is 12.9. The molecule has 0 spiro atoms. The van der Waals surface area contributed by atoms with E-state index in [1.807, 2.05) is 37.4 Å². The number of fused-ring (bicyclic) bond motifs is 1. The van der Waals surface area contributed by atoms with Crippen molar-refractivity contribution < 1.29 is 19.1 Å². The molecule has 1 heterocycles. The lowest BCUT2D eigenvalue weighted by atomic mass is 9.83. The maximum Gasteiger partial charge on any atom is 0.321 e. The second-order valence-corrected chi connectivity index (χ2v) is 9.76. The van der Waals surface area contributed by atoms with Crippen molar-refractivity contribution in [2.75, 3.05) is 6.61 Å². The fraction of sp³-hybridized carbons (Fsp3) is 0.500. The normalized spacial score (nSPS) is 21.4. The van der Waals surface area contributed by atoms with E-state index in [0.717, 1.165) is 15.6 Å². The van der Waals surface area contributed by atoms with Gasteiger partial charge in [0.2, 0.25) is 11.8 Å². The molecule has 1 aromatic carbocycles. The van der Waals surface area contributed by atoms with Crippen LogP contribution in [0, 0.1) is 5.41 Å². The minimum Gasteiger partial charge on any atom is -0.465 e. The van der Waals surface area contributed by atoms with E-state index in [1.54, 1.807) is 17.8 Å². The lowest BCUT2D eigenvalue weighted by Crippen LogP contribution is -2.42. The molecule has 2 aliphatic carbocycles. The number of rotatable bonds is 8. The molecular formula is C24H29BrN4O4. The topological polar surface area (TPSA) is 102 Å². The van der Waals surface area contributed by atoms with Crippen LogP contribution in [0.3, 0.4) is 0 Å². The molecule has 2 N–H and O–H groups in total. The summed E-state index contributed by atoms with van der Waals surface area (Å²) in [5.41, 5.74) is 0.942. The van der Waals surface area contributed by atoms with Crippen molar-refractivity contribution in [2.45, 2.75) is 64.1 Å². The molecule has 176 valence electrons. The van der Waals surface area contributed by atoms with Gasteiger partial charge in [-0.2, -0.15) is 5.10 Å². The highest BCUT2D eigenvalue weighted by Crippen LogP contribution is 2.48. The van der Waals surface area contributed by atoms with Gasteiger partial charge >= 0.3 is 5.97 Å². The van der Waals surface area contributed by atoms with E-state index in [1.165, 1.54) is 0 Å². The summed E-state index contributed by atoms with van der Waals surface area (Å²) in [4.78, 5) is 38.0. The Balaban J connectivity index is 1.41. The number of benzene rings is 1. The average molecular weight is 517 g/mol. The zero-order chi connectivity index (χ0) is 23.6. The van der Waals surface area contributed by atoms with E-state index in [2.05, 4.69) is 31.7 Å². The quantitative estimate of drug-likeness (QED) is 0.410. The molecule has 2 amide bonds. The van der Waals surface area contributed by atoms with Gasteiger partial charge in [-0.05, 0) is 66.6 Å². The van der Waals surface area contributed by atoms with Crippen LogP contribution < -0.4 is 10.6 Å². The third kappa shape index (κ3) is 4.98. The van der Waals surface area contributed by atoms with E-state index in [-0.39, 0.29) is 36.5 Å². The third-order valence-corrected chi connectivity index (χ3v) is 6.89. The molecule has 1 aromatic heterocycles. The Morgan fingerprint density at radius 1 is 1.18 bits per heavy atom. The smallest absolute Gasteiger partial charge is 0.321 e. The van der Waals surface area contributed by atoms with E-state index in [0.29, 0.717) is 32.1 Å². The van der Waals surface area contributed by atoms with Crippen LogP contribution in [0.25, 0.3) is 0 Å². The maximum absolute atomic E-state index is 12.9. The van der Waals surface area contributed by atoms with Gasteiger partial charge in [0.15, 0.2) is 0 Å². The number of amides is 2. The van der Waals surface area contributed by atoms with Gasteiger partial charge in [0.1, 0.15) is 5.41 Å². The number of aromatic nitrogens is 2. The van der Waals surface area contributed by atoms with Crippen molar-refractivity contribution in [3.8, 4) is 0 Å². The average Bonchev–Trinajstić information content (AvgIpc) is 3.50.